The predicted octanol–water partition coefficient (Wildman–Crippen LogP) is 5.91. The number of aromatic carboxylic acids is 1. The van der Waals surface area contributed by atoms with Crippen LogP contribution >= 0.6 is 0 Å². The molecule has 0 aliphatic carbocycles. The van der Waals surface area contributed by atoms with Crippen molar-refractivity contribution in [3.05, 3.63) is 95.8 Å². The molecule has 4 aromatic rings. The van der Waals surface area contributed by atoms with Crippen molar-refractivity contribution in [2.45, 2.75) is 25.6 Å². The van der Waals surface area contributed by atoms with E-state index < -0.39 is 24.5 Å². The zero-order valence-corrected chi connectivity index (χ0v) is 20.6. The molecule has 0 fully saturated rings. The number of halogens is 6. The number of H-pyrrole nitrogens is 1. The molecular weight excluding hydrogens is 562 g/mol. The highest BCUT2D eigenvalue weighted by Crippen LogP contribution is 2.29. The van der Waals surface area contributed by atoms with Gasteiger partial charge < -0.3 is 19.8 Å². The first kappa shape index (κ1) is 30.5. The number of aromatic amines is 1. The van der Waals surface area contributed by atoms with Crippen LogP contribution in [0.4, 0.5) is 32.0 Å². The van der Waals surface area contributed by atoms with Crippen molar-refractivity contribution >= 4 is 17.6 Å². The molecule has 4 rings (SSSR count). The second-order valence-corrected chi connectivity index (χ2v) is 8.19. The van der Waals surface area contributed by atoms with Gasteiger partial charge in [0.15, 0.2) is 5.69 Å². The SMILES string of the molecule is O=C(O)C(F)(F)F.O=C(O)c1n[nH]nc1CN(Cc1ccccc1)c1ccc(-c2ccc(OC(F)(F)F)cc2)cc1. The van der Waals surface area contributed by atoms with Crippen molar-refractivity contribution < 1.29 is 50.9 Å². The lowest BCUT2D eigenvalue weighted by Gasteiger charge is -2.24. The van der Waals surface area contributed by atoms with Crippen molar-refractivity contribution in [2.24, 2.45) is 0 Å². The van der Waals surface area contributed by atoms with E-state index in [1.54, 1.807) is 12.1 Å². The summed E-state index contributed by atoms with van der Waals surface area (Å²) in [5.74, 6) is -4.21. The van der Waals surface area contributed by atoms with Gasteiger partial charge in [-0.25, -0.2) is 9.59 Å². The van der Waals surface area contributed by atoms with Gasteiger partial charge in [0.1, 0.15) is 11.4 Å². The molecule has 3 aromatic carbocycles. The van der Waals surface area contributed by atoms with Gasteiger partial charge in [0.05, 0.1) is 6.54 Å². The third kappa shape index (κ3) is 9.26. The number of carbonyl (C=O) groups is 2. The van der Waals surface area contributed by atoms with E-state index in [2.05, 4.69) is 20.1 Å². The van der Waals surface area contributed by atoms with Gasteiger partial charge in [-0.2, -0.15) is 23.5 Å². The molecule has 1 aromatic heterocycles. The Bertz CT molecular complexity index is 1440. The number of aliphatic carboxylic acids is 1. The number of carboxylic acids is 2. The number of ether oxygens (including phenoxy) is 1. The Morgan fingerprint density at radius 2 is 1.32 bits per heavy atom. The van der Waals surface area contributed by atoms with E-state index in [0.717, 1.165) is 22.4 Å². The highest BCUT2D eigenvalue weighted by molar-refractivity contribution is 5.86. The second kappa shape index (κ2) is 12.8. The highest BCUT2D eigenvalue weighted by atomic mass is 19.4. The molecule has 0 amide bonds. The molecule has 0 radical (unpaired) electrons. The van der Waals surface area contributed by atoms with Crippen LogP contribution in [-0.2, 0) is 17.9 Å². The molecular formula is C26H20F6N4O5. The topological polar surface area (TPSA) is 129 Å². The third-order valence-electron chi connectivity index (χ3n) is 5.28. The van der Waals surface area contributed by atoms with E-state index in [-0.39, 0.29) is 18.0 Å². The zero-order valence-electron chi connectivity index (χ0n) is 20.6. The molecule has 0 saturated heterocycles. The first-order chi connectivity index (χ1) is 19.2. The summed E-state index contributed by atoms with van der Waals surface area (Å²) < 4.78 is 72.8. The Labute approximate surface area is 227 Å². The Balaban J connectivity index is 0.000000587. The smallest absolute Gasteiger partial charge is 0.476 e. The lowest BCUT2D eigenvalue weighted by molar-refractivity contribution is -0.274. The van der Waals surface area contributed by atoms with E-state index in [0.29, 0.717) is 12.2 Å². The van der Waals surface area contributed by atoms with Gasteiger partial charge in [-0.05, 0) is 41.0 Å². The van der Waals surface area contributed by atoms with Crippen LogP contribution in [0.2, 0.25) is 0 Å². The predicted molar refractivity (Wildman–Crippen MR) is 132 cm³/mol. The van der Waals surface area contributed by atoms with Gasteiger partial charge in [0.2, 0.25) is 0 Å². The molecule has 0 atom stereocenters. The number of alkyl halides is 6. The van der Waals surface area contributed by atoms with E-state index >= 15 is 0 Å². The molecule has 0 saturated carbocycles. The molecule has 0 unspecified atom stereocenters. The molecule has 0 spiro atoms. The molecule has 15 heteroatoms. The molecule has 41 heavy (non-hydrogen) atoms. The van der Waals surface area contributed by atoms with Crippen LogP contribution in [0.25, 0.3) is 11.1 Å². The number of carboxylic acid groups (broad SMARTS) is 2. The first-order valence-corrected chi connectivity index (χ1v) is 11.4. The van der Waals surface area contributed by atoms with Crippen molar-refractivity contribution in [1.29, 1.82) is 0 Å². The van der Waals surface area contributed by atoms with Crippen molar-refractivity contribution in [2.75, 3.05) is 4.90 Å². The summed E-state index contributed by atoms with van der Waals surface area (Å²) in [6.45, 7) is 0.700. The average molecular weight is 582 g/mol. The Morgan fingerprint density at radius 3 is 1.80 bits per heavy atom. The maximum absolute atomic E-state index is 12.4. The van der Waals surface area contributed by atoms with E-state index in [9.17, 15) is 36.2 Å². The van der Waals surface area contributed by atoms with Gasteiger partial charge in [-0.15, -0.1) is 18.3 Å². The Kier molecular flexibility index (Phi) is 9.55. The number of nitrogens with one attached hydrogen (secondary N) is 1. The quantitative estimate of drug-likeness (QED) is 0.219. The molecule has 9 nitrogen and oxygen atoms in total. The molecule has 0 aliphatic heterocycles. The number of rotatable bonds is 8. The van der Waals surface area contributed by atoms with Gasteiger partial charge in [0, 0.05) is 12.2 Å². The summed E-state index contributed by atoms with van der Waals surface area (Å²) in [5.41, 5.74) is 3.51. The van der Waals surface area contributed by atoms with E-state index in [1.165, 1.54) is 12.1 Å². The van der Waals surface area contributed by atoms with Crippen LogP contribution in [0.5, 0.6) is 5.75 Å². The summed E-state index contributed by atoms with van der Waals surface area (Å²) in [4.78, 5) is 22.3. The number of hydrogen-bond acceptors (Lipinski definition) is 6. The number of anilines is 1. The number of aromatic nitrogens is 3. The molecule has 1 heterocycles. The molecule has 0 bridgehead atoms. The summed E-state index contributed by atoms with van der Waals surface area (Å²) >= 11 is 0. The number of nitrogens with zero attached hydrogens (tertiary/aromatic N) is 3. The molecule has 216 valence electrons. The maximum Gasteiger partial charge on any atom is 0.573 e. The van der Waals surface area contributed by atoms with Crippen molar-refractivity contribution in [3.63, 3.8) is 0 Å². The fraction of sp³-hybridized carbons (Fsp3) is 0.154. The minimum atomic E-state index is -5.08. The summed E-state index contributed by atoms with van der Waals surface area (Å²) in [6.07, 6.45) is -9.82. The normalized spacial score (nSPS) is 11.3. The highest BCUT2D eigenvalue weighted by Gasteiger charge is 2.38. The zero-order chi connectivity index (χ0) is 30.2. The second-order valence-electron chi connectivity index (χ2n) is 8.19. The van der Waals surface area contributed by atoms with Gasteiger partial charge in [0.25, 0.3) is 0 Å². The summed E-state index contributed by atoms with van der Waals surface area (Å²) in [5, 5.41) is 26.5. The minimum Gasteiger partial charge on any atom is -0.476 e. The van der Waals surface area contributed by atoms with Crippen molar-refractivity contribution in [1.82, 2.24) is 15.4 Å². The Morgan fingerprint density at radius 1 is 0.780 bits per heavy atom. The third-order valence-corrected chi connectivity index (χ3v) is 5.28. The van der Waals surface area contributed by atoms with Gasteiger partial charge in [-0.1, -0.05) is 54.6 Å². The average Bonchev–Trinajstić information content (AvgIpc) is 3.37. The monoisotopic (exact) mass is 582 g/mol. The molecule has 3 N–H and O–H groups in total. The van der Waals surface area contributed by atoms with Gasteiger partial charge in [-0.3, -0.25) is 0 Å². The summed E-state index contributed by atoms with van der Waals surface area (Å²) in [7, 11) is 0. The fourth-order valence-corrected chi connectivity index (χ4v) is 3.47. The van der Waals surface area contributed by atoms with E-state index in [1.807, 2.05) is 59.5 Å². The van der Waals surface area contributed by atoms with Crippen LogP contribution in [0.15, 0.2) is 78.9 Å². The molecule has 0 aliphatic rings. The van der Waals surface area contributed by atoms with E-state index in [4.69, 9.17) is 9.90 Å². The standard InChI is InChI=1S/C24H19F3N4O3.C2HF3O2/c25-24(26,27)34-20-12-8-18(9-13-20)17-6-10-19(11-7-17)31(14-16-4-2-1-3-5-16)15-21-22(23(32)33)29-30-28-21;3-2(4,5)1(6)7/h1-13H,14-15H2,(H,32,33)(H,28,29,30);(H,6,7). The van der Waals surface area contributed by atoms with Crippen LogP contribution in [0, 0.1) is 0 Å². The lowest BCUT2D eigenvalue weighted by Crippen LogP contribution is -2.23. The van der Waals surface area contributed by atoms with Crippen LogP contribution < -0.4 is 9.64 Å². The van der Waals surface area contributed by atoms with Crippen LogP contribution in [-0.4, -0.2) is 50.1 Å². The van der Waals surface area contributed by atoms with Crippen LogP contribution in [0.3, 0.4) is 0 Å². The summed E-state index contributed by atoms with van der Waals surface area (Å²) in [6, 6.07) is 22.7. The lowest BCUT2D eigenvalue weighted by atomic mass is 10.0. The Hall–Kier alpha value is -5.08. The largest absolute Gasteiger partial charge is 0.573 e. The number of hydrogen-bond donors (Lipinski definition) is 3. The van der Waals surface area contributed by atoms with Gasteiger partial charge >= 0.3 is 24.5 Å². The fourth-order valence-electron chi connectivity index (χ4n) is 3.47. The maximum atomic E-state index is 12.4. The number of benzene rings is 3. The van der Waals surface area contributed by atoms with Crippen molar-refractivity contribution in [3.8, 4) is 16.9 Å². The van der Waals surface area contributed by atoms with Crippen LogP contribution in [0.1, 0.15) is 21.7 Å². The first-order valence-electron chi connectivity index (χ1n) is 11.4. The minimum absolute atomic E-state index is 0.143.